The highest BCUT2D eigenvalue weighted by Gasteiger charge is 2.23. The van der Waals surface area contributed by atoms with Crippen LogP contribution in [0.4, 0.5) is 14.6 Å². The molecule has 0 fully saturated rings. The van der Waals surface area contributed by atoms with E-state index in [0.29, 0.717) is 23.0 Å². The van der Waals surface area contributed by atoms with Gasteiger partial charge in [0.25, 0.3) is 0 Å². The van der Waals surface area contributed by atoms with Crippen LogP contribution in [-0.4, -0.2) is 22.1 Å². The van der Waals surface area contributed by atoms with Crippen molar-refractivity contribution in [2.24, 2.45) is 0 Å². The molecule has 1 unspecified atom stereocenters. The van der Waals surface area contributed by atoms with E-state index in [1.165, 1.54) is 31.4 Å². The molecule has 0 bridgehead atoms. The van der Waals surface area contributed by atoms with E-state index in [-0.39, 0.29) is 10.7 Å². The highest BCUT2D eigenvalue weighted by Crippen LogP contribution is 2.35. The van der Waals surface area contributed by atoms with Gasteiger partial charge in [-0.15, -0.1) is 0 Å². The lowest BCUT2D eigenvalue weighted by atomic mass is 10.0. The number of ether oxygens (including phenoxy) is 1. The zero-order valence-electron chi connectivity index (χ0n) is 14.4. The largest absolute Gasteiger partial charge is 0.496 e. The number of benzene rings is 1. The Morgan fingerprint density at radius 1 is 1.19 bits per heavy atom. The second kappa shape index (κ2) is 7.29. The van der Waals surface area contributed by atoms with Gasteiger partial charge in [-0.25, -0.2) is 18.7 Å². The molecule has 5 nitrogen and oxygen atoms in total. The summed E-state index contributed by atoms with van der Waals surface area (Å²) >= 11 is 5.97. The molecule has 0 radical (unpaired) electrons. The van der Waals surface area contributed by atoms with Gasteiger partial charge in [0, 0.05) is 23.5 Å². The maximum Gasteiger partial charge on any atom is 0.145 e. The van der Waals surface area contributed by atoms with Crippen molar-refractivity contribution >= 4 is 17.4 Å². The Labute approximate surface area is 154 Å². The molecule has 1 aromatic carbocycles. The Hall–Kier alpha value is -2.67. The minimum Gasteiger partial charge on any atom is -0.496 e. The number of aryl methyl sites for hydroxylation is 2. The van der Waals surface area contributed by atoms with Crippen LogP contribution in [0.3, 0.4) is 0 Å². The zero-order chi connectivity index (χ0) is 18.8. The SMILES string of the molecule is COc1cc(F)c(Cl)cc1C(Nc1ccc(F)c(C)n1)c1ncc(C)[nH]1. The predicted octanol–water partition coefficient (Wildman–Crippen LogP) is 4.56. The van der Waals surface area contributed by atoms with E-state index < -0.39 is 17.7 Å². The summed E-state index contributed by atoms with van der Waals surface area (Å²) in [4.78, 5) is 11.7. The van der Waals surface area contributed by atoms with Crippen LogP contribution >= 0.6 is 11.6 Å². The highest BCUT2D eigenvalue weighted by atomic mass is 35.5. The number of imidazole rings is 1. The molecular formula is C18H17ClF2N4O. The fourth-order valence-corrected chi connectivity index (χ4v) is 2.76. The van der Waals surface area contributed by atoms with Crippen molar-refractivity contribution < 1.29 is 13.5 Å². The molecule has 136 valence electrons. The second-order valence-electron chi connectivity index (χ2n) is 5.80. The van der Waals surface area contributed by atoms with Gasteiger partial charge in [-0.2, -0.15) is 0 Å². The molecule has 0 aliphatic carbocycles. The summed E-state index contributed by atoms with van der Waals surface area (Å²) < 4.78 is 32.7. The van der Waals surface area contributed by atoms with E-state index in [4.69, 9.17) is 16.3 Å². The van der Waals surface area contributed by atoms with Crippen molar-refractivity contribution in [3.05, 3.63) is 69.9 Å². The standard InChI is InChI=1S/C18H17ClF2N4O/c1-9-8-22-18(23-9)17(25-16-5-4-13(20)10(2)24-16)11-6-12(19)14(21)7-15(11)26-3/h4-8,17H,1-3H3,(H,22,23)(H,24,25). The fourth-order valence-electron chi connectivity index (χ4n) is 2.59. The molecule has 26 heavy (non-hydrogen) atoms. The lowest BCUT2D eigenvalue weighted by Crippen LogP contribution is -2.16. The number of anilines is 1. The molecule has 1 atom stereocenters. The van der Waals surface area contributed by atoms with E-state index in [2.05, 4.69) is 20.3 Å². The minimum atomic E-state index is -0.586. The lowest BCUT2D eigenvalue weighted by Gasteiger charge is -2.21. The van der Waals surface area contributed by atoms with Crippen LogP contribution < -0.4 is 10.1 Å². The van der Waals surface area contributed by atoms with Crippen LogP contribution in [0.1, 0.15) is 28.8 Å². The number of halogens is 3. The second-order valence-corrected chi connectivity index (χ2v) is 6.21. The molecule has 0 spiro atoms. The maximum absolute atomic E-state index is 13.8. The first kappa shape index (κ1) is 18.1. The van der Waals surface area contributed by atoms with Gasteiger partial charge >= 0.3 is 0 Å². The summed E-state index contributed by atoms with van der Waals surface area (Å²) in [6.07, 6.45) is 1.67. The third-order valence-electron chi connectivity index (χ3n) is 3.89. The number of rotatable bonds is 5. The molecule has 2 heterocycles. The maximum atomic E-state index is 13.8. The van der Waals surface area contributed by atoms with Crippen molar-refractivity contribution in [3.8, 4) is 5.75 Å². The number of aromatic nitrogens is 3. The molecule has 0 saturated carbocycles. The lowest BCUT2D eigenvalue weighted by molar-refractivity contribution is 0.404. The average molecular weight is 379 g/mol. The summed E-state index contributed by atoms with van der Waals surface area (Å²) in [7, 11) is 1.44. The molecule has 2 aromatic heterocycles. The first-order valence-electron chi connectivity index (χ1n) is 7.83. The van der Waals surface area contributed by atoms with Crippen molar-refractivity contribution in [1.29, 1.82) is 0 Å². The molecule has 8 heteroatoms. The van der Waals surface area contributed by atoms with Gasteiger partial charge in [-0.3, -0.25) is 0 Å². The van der Waals surface area contributed by atoms with Crippen LogP contribution in [0.2, 0.25) is 5.02 Å². The molecule has 2 N–H and O–H groups in total. The van der Waals surface area contributed by atoms with Gasteiger partial charge in [-0.05, 0) is 32.0 Å². The van der Waals surface area contributed by atoms with Gasteiger partial charge in [0.15, 0.2) is 0 Å². The van der Waals surface area contributed by atoms with Crippen molar-refractivity contribution in [2.75, 3.05) is 12.4 Å². The fraction of sp³-hybridized carbons (Fsp3) is 0.222. The highest BCUT2D eigenvalue weighted by molar-refractivity contribution is 6.30. The van der Waals surface area contributed by atoms with Crippen LogP contribution in [0.15, 0.2) is 30.5 Å². The number of aromatic amines is 1. The van der Waals surface area contributed by atoms with Gasteiger partial charge < -0.3 is 15.0 Å². The van der Waals surface area contributed by atoms with E-state index in [1.54, 1.807) is 13.1 Å². The van der Waals surface area contributed by atoms with E-state index in [0.717, 1.165) is 5.69 Å². The summed E-state index contributed by atoms with van der Waals surface area (Å²) in [5.74, 6) is 0.315. The van der Waals surface area contributed by atoms with Crippen molar-refractivity contribution in [1.82, 2.24) is 15.0 Å². The molecule has 3 rings (SSSR count). The third-order valence-corrected chi connectivity index (χ3v) is 4.18. The number of nitrogens with one attached hydrogen (secondary N) is 2. The summed E-state index contributed by atoms with van der Waals surface area (Å²) in [6.45, 7) is 3.44. The summed E-state index contributed by atoms with van der Waals surface area (Å²) in [5.41, 5.74) is 1.67. The Balaban J connectivity index is 2.10. The van der Waals surface area contributed by atoms with E-state index in [1.807, 2.05) is 6.92 Å². The molecule has 0 aliphatic heterocycles. The van der Waals surface area contributed by atoms with Crippen molar-refractivity contribution in [3.63, 3.8) is 0 Å². The monoisotopic (exact) mass is 378 g/mol. The van der Waals surface area contributed by atoms with Gasteiger partial charge in [0.05, 0.1) is 17.8 Å². The van der Waals surface area contributed by atoms with Crippen LogP contribution in [0, 0.1) is 25.5 Å². The Morgan fingerprint density at radius 2 is 1.96 bits per heavy atom. The van der Waals surface area contributed by atoms with E-state index >= 15 is 0 Å². The Morgan fingerprint density at radius 3 is 2.58 bits per heavy atom. The van der Waals surface area contributed by atoms with Crippen LogP contribution in [0.25, 0.3) is 0 Å². The smallest absolute Gasteiger partial charge is 0.145 e. The minimum absolute atomic E-state index is 0.0425. The molecule has 0 amide bonds. The first-order chi connectivity index (χ1) is 12.4. The number of H-pyrrole nitrogens is 1. The topological polar surface area (TPSA) is 62.8 Å². The van der Waals surface area contributed by atoms with Crippen molar-refractivity contribution in [2.45, 2.75) is 19.9 Å². The number of methoxy groups -OCH3 is 1. The summed E-state index contributed by atoms with van der Waals surface area (Å²) in [6, 6.07) is 4.97. The Bertz CT molecular complexity index is 945. The zero-order valence-corrected chi connectivity index (χ0v) is 15.2. The van der Waals surface area contributed by atoms with Crippen LogP contribution in [-0.2, 0) is 0 Å². The number of nitrogens with zero attached hydrogens (tertiary/aromatic N) is 2. The number of hydrogen-bond donors (Lipinski definition) is 2. The number of pyridine rings is 1. The van der Waals surface area contributed by atoms with Crippen LogP contribution in [0.5, 0.6) is 5.75 Å². The average Bonchev–Trinajstić information content (AvgIpc) is 3.04. The molecule has 3 aromatic rings. The first-order valence-corrected chi connectivity index (χ1v) is 8.21. The predicted molar refractivity (Wildman–Crippen MR) is 95.7 cm³/mol. The van der Waals surface area contributed by atoms with E-state index in [9.17, 15) is 8.78 Å². The molecule has 0 aliphatic rings. The quantitative estimate of drug-likeness (QED) is 0.683. The van der Waals surface area contributed by atoms with Gasteiger partial charge in [-0.1, -0.05) is 11.6 Å². The molecular weight excluding hydrogens is 362 g/mol. The van der Waals surface area contributed by atoms with Gasteiger partial charge in [0.1, 0.15) is 35.1 Å². The van der Waals surface area contributed by atoms with Gasteiger partial charge in [0.2, 0.25) is 0 Å². The normalized spacial score (nSPS) is 12.1. The number of hydrogen-bond acceptors (Lipinski definition) is 4. The third kappa shape index (κ3) is 3.62. The molecule has 0 saturated heterocycles. The summed E-state index contributed by atoms with van der Waals surface area (Å²) in [5, 5.41) is 3.14. The Kier molecular flexibility index (Phi) is 5.08.